The van der Waals surface area contributed by atoms with Crippen LogP contribution < -0.4 is 11.1 Å². The molecule has 3 N–H and O–H groups in total. The van der Waals surface area contributed by atoms with Crippen molar-refractivity contribution in [2.24, 2.45) is 0 Å². The smallest absolute Gasteiger partial charge is 0.148 e. The van der Waals surface area contributed by atoms with Crippen molar-refractivity contribution in [2.75, 3.05) is 31.3 Å². The van der Waals surface area contributed by atoms with Gasteiger partial charge in [0, 0.05) is 26.8 Å². The lowest BCUT2D eigenvalue weighted by Crippen LogP contribution is -2.11. The number of hydrogen-bond donors (Lipinski definition) is 2. The minimum Gasteiger partial charge on any atom is -0.394 e. The van der Waals surface area contributed by atoms with Gasteiger partial charge >= 0.3 is 0 Å². The predicted molar refractivity (Wildman–Crippen MR) is 66.7 cm³/mol. The molecule has 5 nitrogen and oxygen atoms in total. The molecular formula is C11H22N4O. The van der Waals surface area contributed by atoms with E-state index in [1.54, 1.807) is 7.11 Å². The number of nitrogen functional groups attached to an aromatic ring is 1. The van der Waals surface area contributed by atoms with E-state index in [1.807, 2.05) is 11.6 Å². The SMILES string of the molecule is CCCn1nc(C)c(N)c1NCCCOC. The number of methoxy groups -OCH3 is 1. The zero-order valence-electron chi connectivity index (χ0n) is 10.4. The lowest BCUT2D eigenvalue weighted by molar-refractivity contribution is 0.197. The molecule has 0 fully saturated rings. The normalized spacial score (nSPS) is 10.7. The number of nitrogens with one attached hydrogen (secondary N) is 1. The average Bonchev–Trinajstić information content (AvgIpc) is 2.52. The first-order valence-corrected chi connectivity index (χ1v) is 5.76. The molecule has 1 aromatic heterocycles. The molecule has 5 heteroatoms. The first-order valence-electron chi connectivity index (χ1n) is 5.76. The van der Waals surface area contributed by atoms with Gasteiger partial charge in [-0.25, -0.2) is 4.68 Å². The third-order valence-corrected chi connectivity index (χ3v) is 2.43. The van der Waals surface area contributed by atoms with Gasteiger partial charge in [-0.3, -0.25) is 0 Å². The van der Waals surface area contributed by atoms with Gasteiger partial charge in [0.2, 0.25) is 0 Å². The van der Waals surface area contributed by atoms with Crippen molar-refractivity contribution in [3.8, 4) is 0 Å². The van der Waals surface area contributed by atoms with Crippen LogP contribution in [0.2, 0.25) is 0 Å². The fourth-order valence-corrected chi connectivity index (χ4v) is 1.58. The maximum atomic E-state index is 5.97. The van der Waals surface area contributed by atoms with Gasteiger partial charge in [0.05, 0.1) is 11.4 Å². The maximum Gasteiger partial charge on any atom is 0.148 e. The molecular weight excluding hydrogens is 204 g/mol. The summed E-state index contributed by atoms with van der Waals surface area (Å²) in [5.74, 6) is 0.940. The Morgan fingerprint density at radius 1 is 1.50 bits per heavy atom. The summed E-state index contributed by atoms with van der Waals surface area (Å²) in [7, 11) is 1.71. The number of rotatable bonds is 7. The Morgan fingerprint density at radius 2 is 2.25 bits per heavy atom. The van der Waals surface area contributed by atoms with Crippen LogP contribution in [0.5, 0.6) is 0 Å². The fourth-order valence-electron chi connectivity index (χ4n) is 1.58. The molecule has 1 aromatic rings. The number of anilines is 2. The third-order valence-electron chi connectivity index (χ3n) is 2.43. The molecule has 92 valence electrons. The van der Waals surface area contributed by atoms with Crippen molar-refractivity contribution in [3.05, 3.63) is 5.69 Å². The van der Waals surface area contributed by atoms with Crippen LogP contribution in [-0.2, 0) is 11.3 Å². The molecule has 0 saturated heterocycles. The van der Waals surface area contributed by atoms with Crippen LogP contribution in [0, 0.1) is 6.92 Å². The van der Waals surface area contributed by atoms with Crippen molar-refractivity contribution < 1.29 is 4.74 Å². The van der Waals surface area contributed by atoms with Gasteiger partial charge in [0.25, 0.3) is 0 Å². The van der Waals surface area contributed by atoms with Crippen molar-refractivity contribution >= 4 is 11.5 Å². The van der Waals surface area contributed by atoms with E-state index >= 15 is 0 Å². The van der Waals surface area contributed by atoms with Crippen LogP contribution in [0.1, 0.15) is 25.5 Å². The summed E-state index contributed by atoms with van der Waals surface area (Å²) in [5.41, 5.74) is 7.62. The lowest BCUT2D eigenvalue weighted by atomic mass is 10.3. The minimum absolute atomic E-state index is 0.755. The second kappa shape index (κ2) is 6.37. The summed E-state index contributed by atoms with van der Waals surface area (Å²) in [6.45, 7) is 6.56. The van der Waals surface area contributed by atoms with Crippen LogP contribution in [0.15, 0.2) is 0 Å². The number of nitrogens with two attached hydrogens (primary N) is 1. The van der Waals surface area contributed by atoms with Crippen molar-refractivity contribution in [3.63, 3.8) is 0 Å². The lowest BCUT2D eigenvalue weighted by Gasteiger charge is -2.09. The summed E-state index contributed by atoms with van der Waals surface area (Å²) in [5, 5.41) is 7.71. The Hall–Kier alpha value is -1.23. The van der Waals surface area contributed by atoms with E-state index in [1.165, 1.54) is 0 Å². The van der Waals surface area contributed by atoms with Gasteiger partial charge in [0.1, 0.15) is 5.82 Å². The second-order valence-electron chi connectivity index (χ2n) is 3.84. The van der Waals surface area contributed by atoms with Crippen LogP contribution in [-0.4, -0.2) is 30.0 Å². The highest BCUT2D eigenvalue weighted by molar-refractivity contribution is 5.64. The van der Waals surface area contributed by atoms with Gasteiger partial charge in [-0.15, -0.1) is 0 Å². The van der Waals surface area contributed by atoms with Crippen molar-refractivity contribution in [2.45, 2.75) is 33.2 Å². The van der Waals surface area contributed by atoms with Gasteiger partial charge < -0.3 is 15.8 Å². The Labute approximate surface area is 97.0 Å². The topological polar surface area (TPSA) is 65.1 Å². The van der Waals surface area contributed by atoms with E-state index in [-0.39, 0.29) is 0 Å². The van der Waals surface area contributed by atoms with Gasteiger partial charge in [-0.1, -0.05) is 6.92 Å². The molecule has 1 heterocycles. The van der Waals surface area contributed by atoms with E-state index < -0.39 is 0 Å². The summed E-state index contributed by atoms with van der Waals surface area (Å²) < 4.78 is 6.94. The number of aryl methyl sites for hydroxylation is 2. The zero-order valence-corrected chi connectivity index (χ0v) is 10.4. The summed E-state index contributed by atoms with van der Waals surface area (Å²) in [4.78, 5) is 0. The second-order valence-corrected chi connectivity index (χ2v) is 3.84. The van der Waals surface area contributed by atoms with Crippen LogP contribution >= 0.6 is 0 Å². The van der Waals surface area contributed by atoms with Crippen LogP contribution in [0.25, 0.3) is 0 Å². The summed E-state index contributed by atoms with van der Waals surface area (Å²) >= 11 is 0. The zero-order chi connectivity index (χ0) is 12.0. The summed E-state index contributed by atoms with van der Waals surface area (Å²) in [6.07, 6.45) is 2.01. The Kier molecular flexibility index (Phi) is 5.11. The Bertz CT molecular complexity index is 322. The van der Waals surface area contributed by atoms with Gasteiger partial charge in [-0.2, -0.15) is 5.10 Å². The van der Waals surface area contributed by atoms with E-state index in [2.05, 4.69) is 17.3 Å². The first kappa shape index (κ1) is 12.8. The highest BCUT2D eigenvalue weighted by Gasteiger charge is 2.10. The largest absolute Gasteiger partial charge is 0.394 e. The van der Waals surface area contributed by atoms with Crippen molar-refractivity contribution in [1.29, 1.82) is 0 Å². The van der Waals surface area contributed by atoms with Crippen LogP contribution in [0.4, 0.5) is 11.5 Å². The number of ether oxygens (including phenoxy) is 1. The Morgan fingerprint density at radius 3 is 2.88 bits per heavy atom. The third kappa shape index (κ3) is 3.13. The van der Waals surface area contributed by atoms with Crippen molar-refractivity contribution in [1.82, 2.24) is 9.78 Å². The molecule has 1 rings (SSSR count). The highest BCUT2D eigenvalue weighted by Crippen LogP contribution is 2.22. The molecule has 0 aliphatic heterocycles. The monoisotopic (exact) mass is 226 g/mol. The molecule has 0 aliphatic rings. The predicted octanol–water partition coefficient (Wildman–Crippen LogP) is 1.63. The molecule has 0 amide bonds. The summed E-state index contributed by atoms with van der Waals surface area (Å²) in [6, 6.07) is 0. The van der Waals surface area contributed by atoms with Gasteiger partial charge in [-0.05, 0) is 19.8 Å². The number of hydrogen-bond acceptors (Lipinski definition) is 4. The molecule has 0 spiro atoms. The molecule has 0 aromatic carbocycles. The molecule has 0 radical (unpaired) electrons. The maximum absolute atomic E-state index is 5.97. The van der Waals surface area contributed by atoms with E-state index in [4.69, 9.17) is 10.5 Å². The number of nitrogens with zero attached hydrogens (tertiary/aromatic N) is 2. The Balaban J connectivity index is 2.61. The fraction of sp³-hybridized carbons (Fsp3) is 0.727. The van der Waals surface area contributed by atoms with Crippen LogP contribution in [0.3, 0.4) is 0 Å². The van der Waals surface area contributed by atoms with E-state index in [9.17, 15) is 0 Å². The molecule has 0 atom stereocenters. The van der Waals surface area contributed by atoms with Gasteiger partial charge in [0.15, 0.2) is 0 Å². The molecule has 0 saturated carbocycles. The number of aromatic nitrogens is 2. The quantitative estimate of drug-likeness (QED) is 0.694. The molecule has 0 bridgehead atoms. The average molecular weight is 226 g/mol. The minimum atomic E-state index is 0.755. The van der Waals surface area contributed by atoms with E-state index in [0.717, 1.165) is 49.7 Å². The highest BCUT2D eigenvalue weighted by atomic mass is 16.5. The van der Waals surface area contributed by atoms with E-state index in [0.29, 0.717) is 0 Å². The molecule has 0 unspecified atom stereocenters. The molecule has 0 aliphatic carbocycles. The first-order chi connectivity index (χ1) is 7.70. The molecule has 16 heavy (non-hydrogen) atoms. The standard InChI is InChI=1S/C11H22N4O/c1-4-7-15-11(10(12)9(2)14-15)13-6-5-8-16-3/h13H,4-8,12H2,1-3H3.